The van der Waals surface area contributed by atoms with Gasteiger partial charge in [-0.1, -0.05) is 38.3 Å². The highest BCUT2D eigenvalue weighted by atomic mass is 14.7. The molecule has 108 valence electrons. The molecule has 0 saturated carbocycles. The summed E-state index contributed by atoms with van der Waals surface area (Å²) in [6.07, 6.45) is 6.38. The van der Waals surface area contributed by atoms with E-state index in [1.807, 2.05) is 18.2 Å². The van der Waals surface area contributed by atoms with E-state index in [-0.39, 0.29) is 0 Å². The molecule has 3 rings (SSSR count). The molecule has 0 spiro atoms. The maximum absolute atomic E-state index is 5.83. The van der Waals surface area contributed by atoms with Crippen molar-refractivity contribution < 1.29 is 0 Å². The van der Waals surface area contributed by atoms with Gasteiger partial charge in [0.1, 0.15) is 0 Å². The summed E-state index contributed by atoms with van der Waals surface area (Å²) in [5.74, 6) is 0. The molecule has 0 aliphatic carbocycles. The van der Waals surface area contributed by atoms with Crippen LogP contribution in [0.2, 0.25) is 0 Å². The molecule has 1 heterocycles. The summed E-state index contributed by atoms with van der Waals surface area (Å²) < 4.78 is 0. The Labute approximate surface area is 126 Å². The van der Waals surface area contributed by atoms with Gasteiger partial charge in [-0.3, -0.25) is 0 Å². The van der Waals surface area contributed by atoms with Crippen LogP contribution in [0.3, 0.4) is 0 Å². The maximum Gasteiger partial charge on any atom is 0.0730 e. The van der Waals surface area contributed by atoms with Gasteiger partial charge in [0.2, 0.25) is 0 Å². The van der Waals surface area contributed by atoms with E-state index >= 15 is 0 Å². The van der Waals surface area contributed by atoms with Gasteiger partial charge in [0.25, 0.3) is 0 Å². The monoisotopic (exact) mass is 278 g/mol. The van der Waals surface area contributed by atoms with Crippen molar-refractivity contribution >= 4 is 27.5 Å². The Morgan fingerprint density at radius 1 is 0.857 bits per heavy atom. The summed E-state index contributed by atoms with van der Waals surface area (Å²) in [4.78, 5) is 4.71. The van der Waals surface area contributed by atoms with Gasteiger partial charge in [-0.25, -0.2) is 4.98 Å². The number of nitrogen functional groups attached to an aromatic ring is 1. The number of fused-ring (bicyclic) bond motifs is 2. The molecule has 0 unspecified atom stereocenters. The average molecular weight is 278 g/mol. The van der Waals surface area contributed by atoms with E-state index in [1.54, 1.807) is 0 Å². The lowest BCUT2D eigenvalue weighted by Gasteiger charge is -2.06. The topological polar surface area (TPSA) is 38.9 Å². The van der Waals surface area contributed by atoms with E-state index in [4.69, 9.17) is 10.7 Å². The van der Waals surface area contributed by atoms with Crippen molar-refractivity contribution in [2.24, 2.45) is 0 Å². The Balaban J connectivity index is 1.90. The number of aryl methyl sites for hydroxylation is 1. The summed E-state index contributed by atoms with van der Waals surface area (Å²) in [5, 5.41) is 2.38. The lowest BCUT2D eigenvalue weighted by molar-refractivity contribution is 0.667. The van der Waals surface area contributed by atoms with Crippen LogP contribution < -0.4 is 5.73 Å². The number of nitrogens with two attached hydrogens (primary N) is 1. The zero-order valence-electron chi connectivity index (χ0n) is 12.6. The van der Waals surface area contributed by atoms with Crippen LogP contribution in [0, 0.1) is 0 Å². The van der Waals surface area contributed by atoms with Crippen LogP contribution in [-0.2, 0) is 6.42 Å². The standard InChI is InChI=1S/C19H22N2/c1-2-3-4-5-6-14-7-10-18-16(11-14)12-15-8-9-17(20)13-19(15)21-18/h7-13H,2-6,20H2,1H3. The molecule has 0 bridgehead atoms. The van der Waals surface area contributed by atoms with E-state index in [0.717, 1.165) is 28.5 Å². The lowest BCUT2D eigenvalue weighted by Crippen LogP contribution is -1.89. The number of pyridine rings is 1. The minimum atomic E-state index is 0.766. The zero-order valence-corrected chi connectivity index (χ0v) is 12.6. The van der Waals surface area contributed by atoms with Gasteiger partial charge in [0.05, 0.1) is 11.0 Å². The molecule has 2 heteroatoms. The molecular formula is C19H22N2. The normalized spacial score (nSPS) is 11.3. The number of rotatable bonds is 5. The Hall–Kier alpha value is -2.09. The first-order valence-electron chi connectivity index (χ1n) is 7.85. The van der Waals surface area contributed by atoms with Gasteiger partial charge in [-0.2, -0.15) is 0 Å². The molecule has 0 atom stereocenters. The highest BCUT2D eigenvalue weighted by molar-refractivity contribution is 5.94. The molecule has 21 heavy (non-hydrogen) atoms. The van der Waals surface area contributed by atoms with Crippen LogP contribution in [0.1, 0.15) is 38.2 Å². The molecule has 0 radical (unpaired) electrons. The fourth-order valence-corrected chi connectivity index (χ4v) is 2.81. The molecule has 0 fully saturated rings. The first-order valence-corrected chi connectivity index (χ1v) is 7.85. The minimum absolute atomic E-state index is 0.766. The summed E-state index contributed by atoms with van der Waals surface area (Å²) in [5.41, 5.74) is 10.0. The van der Waals surface area contributed by atoms with Crippen molar-refractivity contribution in [1.82, 2.24) is 4.98 Å². The van der Waals surface area contributed by atoms with Gasteiger partial charge in [-0.15, -0.1) is 0 Å². The first kappa shape index (κ1) is 13.9. The second-order valence-corrected chi connectivity index (χ2v) is 5.78. The van der Waals surface area contributed by atoms with E-state index in [1.165, 1.54) is 36.6 Å². The van der Waals surface area contributed by atoms with Crippen LogP contribution in [0.15, 0.2) is 42.5 Å². The van der Waals surface area contributed by atoms with Crippen LogP contribution in [0.5, 0.6) is 0 Å². The minimum Gasteiger partial charge on any atom is -0.399 e. The average Bonchev–Trinajstić information content (AvgIpc) is 2.49. The molecule has 2 N–H and O–H groups in total. The number of hydrogen-bond acceptors (Lipinski definition) is 2. The second-order valence-electron chi connectivity index (χ2n) is 5.78. The van der Waals surface area contributed by atoms with E-state index in [0.29, 0.717) is 0 Å². The van der Waals surface area contributed by atoms with Crippen LogP contribution >= 0.6 is 0 Å². The van der Waals surface area contributed by atoms with Gasteiger partial charge in [0, 0.05) is 16.5 Å². The number of benzene rings is 2. The third-order valence-electron chi connectivity index (χ3n) is 4.02. The lowest BCUT2D eigenvalue weighted by atomic mass is 10.0. The second kappa shape index (κ2) is 6.13. The Morgan fingerprint density at radius 3 is 2.62 bits per heavy atom. The number of hydrogen-bond donors (Lipinski definition) is 1. The molecule has 2 aromatic carbocycles. The molecule has 1 aromatic heterocycles. The van der Waals surface area contributed by atoms with Gasteiger partial charge in [0.15, 0.2) is 0 Å². The quantitative estimate of drug-likeness (QED) is 0.401. The first-order chi connectivity index (χ1) is 10.3. The van der Waals surface area contributed by atoms with Crippen LogP contribution in [0.4, 0.5) is 5.69 Å². The Bertz CT molecular complexity index is 762. The van der Waals surface area contributed by atoms with Crippen molar-refractivity contribution in [3.63, 3.8) is 0 Å². The summed E-state index contributed by atoms with van der Waals surface area (Å²) in [6.45, 7) is 2.25. The highest BCUT2D eigenvalue weighted by Gasteiger charge is 2.02. The third kappa shape index (κ3) is 3.15. The molecule has 3 aromatic rings. The van der Waals surface area contributed by atoms with Crippen molar-refractivity contribution in [3.05, 3.63) is 48.0 Å². The highest BCUT2D eigenvalue weighted by Crippen LogP contribution is 2.23. The summed E-state index contributed by atoms with van der Waals surface area (Å²) in [6, 6.07) is 14.8. The number of nitrogens with zero attached hydrogens (tertiary/aromatic N) is 1. The Kier molecular flexibility index (Phi) is 4.05. The Morgan fingerprint density at radius 2 is 1.76 bits per heavy atom. The van der Waals surface area contributed by atoms with E-state index < -0.39 is 0 Å². The van der Waals surface area contributed by atoms with Gasteiger partial charge >= 0.3 is 0 Å². The van der Waals surface area contributed by atoms with Gasteiger partial charge in [-0.05, 0) is 48.7 Å². The van der Waals surface area contributed by atoms with Crippen LogP contribution in [-0.4, -0.2) is 4.98 Å². The maximum atomic E-state index is 5.83. The van der Waals surface area contributed by atoms with Crippen molar-refractivity contribution in [2.75, 3.05) is 5.73 Å². The summed E-state index contributed by atoms with van der Waals surface area (Å²) in [7, 11) is 0. The van der Waals surface area contributed by atoms with Crippen molar-refractivity contribution in [2.45, 2.75) is 39.0 Å². The number of anilines is 1. The number of aromatic nitrogens is 1. The summed E-state index contributed by atoms with van der Waals surface area (Å²) >= 11 is 0. The molecule has 0 aliphatic rings. The van der Waals surface area contributed by atoms with E-state index in [2.05, 4.69) is 31.2 Å². The third-order valence-corrected chi connectivity index (χ3v) is 4.02. The zero-order chi connectivity index (χ0) is 14.7. The fourth-order valence-electron chi connectivity index (χ4n) is 2.81. The SMILES string of the molecule is CCCCCCc1ccc2nc3cc(N)ccc3cc2c1. The molecule has 0 amide bonds. The van der Waals surface area contributed by atoms with Crippen molar-refractivity contribution in [1.29, 1.82) is 0 Å². The molecule has 0 saturated heterocycles. The molecule has 2 nitrogen and oxygen atoms in total. The molecular weight excluding hydrogens is 256 g/mol. The molecule has 0 aliphatic heterocycles. The van der Waals surface area contributed by atoms with Crippen LogP contribution in [0.25, 0.3) is 21.8 Å². The smallest absolute Gasteiger partial charge is 0.0730 e. The van der Waals surface area contributed by atoms with Gasteiger partial charge < -0.3 is 5.73 Å². The van der Waals surface area contributed by atoms with Crippen molar-refractivity contribution in [3.8, 4) is 0 Å². The number of unbranched alkanes of at least 4 members (excludes halogenated alkanes) is 3. The largest absolute Gasteiger partial charge is 0.399 e. The fraction of sp³-hybridized carbons (Fsp3) is 0.316. The predicted octanol–water partition coefficient (Wildman–Crippen LogP) is 5.09. The predicted molar refractivity (Wildman–Crippen MR) is 91.5 cm³/mol. The van der Waals surface area contributed by atoms with E-state index in [9.17, 15) is 0 Å².